The SMILES string of the molecule is NCc1ccc(OCCCSc2cc(Cl)ccc2Cl)cc1. The Morgan fingerprint density at radius 3 is 2.52 bits per heavy atom. The maximum absolute atomic E-state index is 6.11. The van der Waals surface area contributed by atoms with Crippen LogP contribution in [0.15, 0.2) is 47.4 Å². The van der Waals surface area contributed by atoms with Gasteiger partial charge in [-0.1, -0.05) is 35.3 Å². The van der Waals surface area contributed by atoms with Crippen LogP contribution < -0.4 is 10.5 Å². The first kappa shape index (κ1) is 16.5. The third-order valence-corrected chi connectivity index (χ3v) is 4.69. The van der Waals surface area contributed by atoms with Gasteiger partial charge in [-0.15, -0.1) is 11.8 Å². The summed E-state index contributed by atoms with van der Waals surface area (Å²) in [6, 6.07) is 13.4. The summed E-state index contributed by atoms with van der Waals surface area (Å²) in [5, 5.41) is 1.45. The van der Waals surface area contributed by atoms with Crippen LogP contribution in [0.3, 0.4) is 0 Å². The summed E-state index contributed by atoms with van der Waals surface area (Å²) in [6.45, 7) is 1.23. The number of thioether (sulfide) groups is 1. The van der Waals surface area contributed by atoms with Crippen LogP contribution in [0.5, 0.6) is 5.75 Å². The molecule has 0 saturated heterocycles. The van der Waals surface area contributed by atoms with Crippen LogP contribution in [-0.4, -0.2) is 12.4 Å². The van der Waals surface area contributed by atoms with E-state index in [1.165, 1.54) is 0 Å². The Morgan fingerprint density at radius 2 is 1.81 bits per heavy atom. The van der Waals surface area contributed by atoms with Crippen LogP contribution >= 0.6 is 35.0 Å². The van der Waals surface area contributed by atoms with Crippen LogP contribution in [0.25, 0.3) is 0 Å². The van der Waals surface area contributed by atoms with E-state index in [0.717, 1.165) is 33.4 Å². The molecule has 0 aliphatic rings. The molecule has 0 aliphatic carbocycles. The average Bonchev–Trinajstić information content (AvgIpc) is 2.51. The summed E-state index contributed by atoms with van der Waals surface area (Å²) < 4.78 is 5.68. The van der Waals surface area contributed by atoms with Crippen LogP contribution in [0, 0.1) is 0 Å². The molecule has 112 valence electrons. The maximum atomic E-state index is 6.11. The molecule has 21 heavy (non-hydrogen) atoms. The minimum Gasteiger partial charge on any atom is -0.494 e. The molecule has 0 saturated carbocycles. The van der Waals surface area contributed by atoms with Gasteiger partial charge in [0.1, 0.15) is 5.75 Å². The lowest BCUT2D eigenvalue weighted by Crippen LogP contribution is -2.00. The monoisotopic (exact) mass is 341 g/mol. The predicted molar refractivity (Wildman–Crippen MR) is 91.6 cm³/mol. The molecule has 2 nitrogen and oxygen atoms in total. The van der Waals surface area contributed by atoms with Gasteiger partial charge in [0.25, 0.3) is 0 Å². The fourth-order valence-electron chi connectivity index (χ4n) is 1.74. The van der Waals surface area contributed by atoms with Crippen LogP contribution in [0.2, 0.25) is 10.0 Å². The summed E-state index contributed by atoms with van der Waals surface area (Å²) in [7, 11) is 0. The van der Waals surface area contributed by atoms with Crippen LogP contribution in [0.1, 0.15) is 12.0 Å². The highest BCUT2D eigenvalue weighted by Gasteiger charge is 2.02. The molecule has 0 radical (unpaired) electrons. The van der Waals surface area contributed by atoms with Gasteiger partial charge in [0, 0.05) is 22.2 Å². The van der Waals surface area contributed by atoms with Gasteiger partial charge in [-0.2, -0.15) is 0 Å². The lowest BCUT2D eigenvalue weighted by molar-refractivity contribution is 0.318. The van der Waals surface area contributed by atoms with Gasteiger partial charge in [0.2, 0.25) is 0 Å². The zero-order valence-electron chi connectivity index (χ0n) is 11.5. The van der Waals surface area contributed by atoms with E-state index in [1.54, 1.807) is 17.8 Å². The number of benzene rings is 2. The Labute approximate surface area is 139 Å². The fraction of sp³-hybridized carbons (Fsp3) is 0.250. The zero-order valence-corrected chi connectivity index (χ0v) is 13.8. The highest BCUT2D eigenvalue weighted by atomic mass is 35.5. The number of hydrogen-bond donors (Lipinski definition) is 1. The molecule has 0 aromatic heterocycles. The van der Waals surface area contributed by atoms with E-state index in [-0.39, 0.29) is 0 Å². The molecule has 0 unspecified atom stereocenters. The average molecular weight is 342 g/mol. The predicted octanol–water partition coefficient (Wildman–Crippen LogP) is 5.01. The van der Waals surface area contributed by atoms with Gasteiger partial charge >= 0.3 is 0 Å². The molecular formula is C16H17Cl2NOS. The van der Waals surface area contributed by atoms with E-state index in [2.05, 4.69) is 0 Å². The third kappa shape index (κ3) is 5.44. The Hall–Kier alpha value is -0.870. The molecular weight excluding hydrogens is 325 g/mol. The Kier molecular flexibility index (Phi) is 6.71. The van der Waals surface area contributed by atoms with Crippen molar-refractivity contribution in [2.45, 2.75) is 17.9 Å². The quantitative estimate of drug-likeness (QED) is 0.567. The van der Waals surface area contributed by atoms with E-state index in [9.17, 15) is 0 Å². The first-order valence-corrected chi connectivity index (χ1v) is 8.43. The van der Waals surface area contributed by atoms with Gasteiger partial charge in [-0.3, -0.25) is 0 Å². The Balaban J connectivity index is 1.71. The first-order valence-electron chi connectivity index (χ1n) is 6.68. The molecule has 0 bridgehead atoms. The van der Waals surface area contributed by atoms with Crippen molar-refractivity contribution < 1.29 is 4.74 Å². The summed E-state index contributed by atoms with van der Waals surface area (Å²) in [6.07, 6.45) is 0.937. The molecule has 0 heterocycles. The second-order valence-electron chi connectivity index (χ2n) is 4.47. The van der Waals surface area contributed by atoms with Gasteiger partial charge in [-0.05, 0) is 42.3 Å². The van der Waals surface area contributed by atoms with Crippen LogP contribution in [0.4, 0.5) is 0 Å². The Bertz CT molecular complexity index is 575. The molecule has 0 atom stereocenters. The van der Waals surface area contributed by atoms with Crippen molar-refractivity contribution in [3.05, 3.63) is 58.1 Å². The van der Waals surface area contributed by atoms with Crippen molar-refractivity contribution in [1.29, 1.82) is 0 Å². The van der Waals surface area contributed by atoms with E-state index in [1.807, 2.05) is 36.4 Å². The van der Waals surface area contributed by atoms with Crippen LogP contribution in [-0.2, 0) is 6.54 Å². The van der Waals surface area contributed by atoms with Crippen molar-refractivity contribution >= 4 is 35.0 Å². The fourth-order valence-corrected chi connectivity index (χ4v) is 3.16. The van der Waals surface area contributed by atoms with Gasteiger partial charge in [-0.25, -0.2) is 0 Å². The molecule has 0 aliphatic heterocycles. The Morgan fingerprint density at radius 1 is 1.05 bits per heavy atom. The standard InChI is InChI=1S/C16H17Cl2NOS/c17-13-4-7-15(18)16(10-13)21-9-1-8-20-14-5-2-12(11-19)3-6-14/h2-7,10H,1,8-9,11,19H2. The lowest BCUT2D eigenvalue weighted by atomic mass is 10.2. The molecule has 2 N–H and O–H groups in total. The molecule has 2 aromatic carbocycles. The number of nitrogens with two attached hydrogens (primary N) is 1. The minimum atomic E-state index is 0.553. The molecule has 0 fully saturated rings. The summed E-state index contributed by atoms with van der Waals surface area (Å²) >= 11 is 13.8. The van der Waals surface area contributed by atoms with E-state index < -0.39 is 0 Å². The van der Waals surface area contributed by atoms with E-state index in [4.69, 9.17) is 33.7 Å². The highest BCUT2D eigenvalue weighted by Crippen LogP contribution is 2.30. The molecule has 0 amide bonds. The second-order valence-corrected chi connectivity index (χ2v) is 6.45. The number of halogens is 2. The molecule has 5 heteroatoms. The maximum Gasteiger partial charge on any atom is 0.119 e. The molecule has 0 spiro atoms. The minimum absolute atomic E-state index is 0.553. The smallest absolute Gasteiger partial charge is 0.119 e. The zero-order chi connectivity index (χ0) is 15.1. The van der Waals surface area contributed by atoms with Gasteiger partial charge in [0.05, 0.1) is 11.6 Å². The van der Waals surface area contributed by atoms with E-state index in [0.29, 0.717) is 18.2 Å². The van der Waals surface area contributed by atoms with Crippen molar-refractivity contribution in [3.8, 4) is 5.75 Å². The van der Waals surface area contributed by atoms with Crippen molar-refractivity contribution in [1.82, 2.24) is 0 Å². The number of hydrogen-bond acceptors (Lipinski definition) is 3. The summed E-state index contributed by atoms with van der Waals surface area (Å²) in [4.78, 5) is 1.01. The summed E-state index contributed by atoms with van der Waals surface area (Å²) in [5.41, 5.74) is 6.66. The highest BCUT2D eigenvalue weighted by molar-refractivity contribution is 7.99. The van der Waals surface area contributed by atoms with Crippen molar-refractivity contribution in [2.24, 2.45) is 5.73 Å². The van der Waals surface area contributed by atoms with Crippen molar-refractivity contribution in [3.63, 3.8) is 0 Å². The number of rotatable bonds is 7. The lowest BCUT2D eigenvalue weighted by Gasteiger charge is -2.07. The molecule has 2 rings (SSSR count). The second kappa shape index (κ2) is 8.54. The van der Waals surface area contributed by atoms with Crippen molar-refractivity contribution in [2.75, 3.05) is 12.4 Å². The van der Waals surface area contributed by atoms with Gasteiger partial charge < -0.3 is 10.5 Å². The third-order valence-electron chi connectivity index (χ3n) is 2.87. The first-order chi connectivity index (χ1) is 10.2. The summed E-state index contributed by atoms with van der Waals surface area (Å²) in [5.74, 6) is 1.80. The topological polar surface area (TPSA) is 35.2 Å². The molecule has 2 aromatic rings. The van der Waals surface area contributed by atoms with Gasteiger partial charge in [0.15, 0.2) is 0 Å². The normalized spacial score (nSPS) is 10.6. The number of ether oxygens (including phenoxy) is 1. The van der Waals surface area contributed by atoms with E-state index >= 15 is 0 Å². The largest absolute Gasteiger partial charge is 0.494 e.